The zero-order valence-electron chi connectivity index (χ0n) is 5.19. The summed E-state index contributed by atoms with van der Waals surface area (Å²) in [6.07, 6.45) is 1.70. The van der Waals surface area contributed by atoms with Crippen LogP contribution in [-0.2, 0) is 0 Å². The summed E-state index contributed by atoms with van der Waals surface area (Å²) in [5.74, 6) is 0. The molecule has 0 unspecified atom stereocenters. The van der Waals surface area contributed by atoms with Crippen molar-refractivity contribution in [2.24, 2.45) is 0 Å². The second-order valence-electron chi connectivity index (χ2n) is 1.92. The van der Waals surface area contributed by atoms with E-state index in [1.165, 1.54) is 0 Å². The van der Waals surface area contributed by atoms with Gasteiger partial charge in [0.05, 0.1) is 17.4 Å². The number of nitrogens with zero attached hydrogens (tertiary/aromatic N) is 1. The van der Waals surface area contributed by atoms with E-state index in [1.807, 2.05) is 24.3 Å². The summed E-state index contributed by atoms with van der Waals surface area (Å²) < 4.78 is 0. The van der Waals surface area contributed by atoms with Crippen LogP contribution in [0.5, 0.6) is 0 Å². The summed E-state index contributed by atoms with van der Waals surface area (Å²) in [5, 5.41) is 0. The van der Waals surface area contributed by atoms with E-state index in [4.69, 9.17) is 0 Å². The molecule has 0 spiro atoms. The zero-order valence-corrected chi connectivity index (χ0v) is 7.46. The van der Waals surface area contributed by atoms with Gasteiger partial charge in [-0.05, 0) is 12.1 Å². The number of benzene rings is 1. The second-order valence-corrected chi connectivity index (χ2v) is 1.92. The third-order valence-electron chi connectivity index (χ3n) is 1.33. The first-order valence-electron chi connectivity index (χ1n) is 2.85. The fourth-order valence-corrected chi connectivity index (χ4v) is 0.880. The Morgan fingerprint density at radius 3 is 2.80 bits per heavy atom. The average molecular weight is 275 g/mol. The molecule has 1 N–H and O–H groups in total. The molecule has 0 saturated heterocycles. The molecule has 3 heteroatoms. The third kappa shape index (κ3) is 1.36. The van der Waals surface area contributed by atoms with E-state index in [9.17, 15) is 0 Å². The molecule has 0 amide bonds. The molecule has 0 aliphatic carbocycles. The molecule has 0 aliphatic heterocycles. The maximum atomic E-state index is 4.06. The van der Waals surface area contributed by atoms with Crippen LogP contribution in [0.15, 0.2) is 30.6 Å². The van der Waals surface area contributed by atoms with Crippen LogP contribution in [0, 0.1) is 39.9 Å². The van der Waals surface area contributed by atoms with E-state index < -0.39 is 0 Å². The normalized spacial score (nSPS) is 9.20. The Labute approximate surface area is 90.7 Å². The maximum absolute atomic E-state index is 4.06. The van der Waals surface area contributed by atoms with Crippen LogP contribution in [0.1, 0.15) is 0 Å². The van der Waals surface area contributed by atoms with Crippen LogP contribution in [0.3, 0.4) is 0 Å². The van der Waals surface area contributed by atoms with Crippen molar-refractivity contribution in [3.63, 3.8) is 0 Å². The van der Waals surface area contributed by atoms with Crippen LogP contribution in [0.25, 0.3) is 11.0 Å². The monoisotopic (exact) mass is 276 g/mol. The summed E-state index contributed by atoms with van der Waals surface area (Å²) in [7, 11) is 0. The molecule has 0 fully saturated rings. The van der Waals surface area contributed by atoms with Crippen molar-refractivity contribution in [2.75, 3.05) is 0 Å². The Bertz CT molecular complexity index is 286. The number of rotatable bonds is 0. The van der Waals surface area contributed by atoms with Crippen molar-refractivity contribution in [3.8, 4) is 0 Å². The molecule has 1 heterocycles. The predicted molar refractivity (Wildman–Crippen MR) is 36.1 cm³/mol. The van der Waals surface area contributed by atoms with Gasteiger partial charge >= 0.3 is 0 Å². The van der Waals surface area contributed by atoms with Crippen molar-refractivity contribution in [1.82, 2.24) is 9.97 Å². The maximum Gasteiger partial charge on any atom is 0.0931 e. The van der Waals surface area contributed by atoms with Crippen LogP contribution in [-0.4, -0.2) is 9.97 Å². The minimum atomic E-state index is 0. The molecule has 2 aromatic rings. The summed E-state index contributed by atoms with van der Waals surface area (Å²) in [6, 6.07) is 7.94. The number of hydrogen-bond donors (Lipinski definition) is 1. The Morgan fingerprint density at radius 1 is 1.20 bits per heavy atom. The average Bonchev–Trinajstić information content (AvgIpc) is 2.33. The van der Waals surface area contributed by atoms with Crippen molar-refractivity contribution < 1.29 is 39.9 Å². The van der Waals surface area contributed by atoms with Gasteiger partial charge in [0.15, 0.2) is 0 Å². The standard InChI is InChI=1S/C7H6N2.Gd/c1-2-4-7-6(3-1)8-5-9-7;/h1-5H,(H,8,9);. The molecule has 10 heavy (non-hydrogen) atoms. The van der Waals surface area contributed by atoms with Crippen LogP contribution >= 0.6 is 0 Å². The van der Waals surface area contributed by atoms with E-state index in [1.54, 1.807) is 6.33 Å². The topological polar surface area (TPSA) is 28.7 Å². The predicted octanol–water partition coefficient (Wildman–Crippen LogP) is 1.56. The molecule has 0 bridgehead atoms. The minimum Gasteiger partial charge on any atom is -0.345 e. The summed E-state index contributed by atoms with van der Waals surface area (Å²) >= 11 is 0. The minimum absolute atomic E-state index is 0. The first-order valence-corrected chi connectivity index (χ1v) is 2.85. The molecule has 1 aromatic heterocycles. The van der Waals surface area contributed by atoms with Gasteiger partial charge in [-0.2, -0.15) is 0 Å². The summed E-state index contributed by atoms with van der Waals surface area (Å²) in [6.45, 7) is 0. The summed E-state index contributed by atoms with van der Waals surface area (Å²) in [5.41, 5.74) is 2.12. The molecular formula is C7H6GdN2. The molecule has 52 valence electrons. The fraction of sp³-hybridized carbons (Fsp3) is 0. The molecule has 2 nitrogen and oxygen atoms in total. The van der Waals surface area contributed by atoms with Gasteiger partial charge in [0.1, 0.15) is 0 Å². The number of imidazole rings is 1. The van der Waals surface area contributed by atoms with Gasteiger partial charge < -0.3 is 4.98 Å². The van der Waals surface area contributed by atoms with Gasteiger partial charge in [0.2, 0.25) is 0 Å². The first-order chi connectivity index (χ1) is 4.47. The molecule has 1 aromatic carbocycles. The number of nitrogens with one attached hydrogen (secondary N) is 1. The Kier molecular flexibility index (Phi) is 2.77. The molecule has 2 rings (SSSR count). The third-order valence-corrected chi connectivity index (χ3v) is 1.33. The largest absolute Gasteiger partial charge is 0.345 e. The summed E-state index contributed by atoms with van der Waals surface area (Å²) in [4.78, 5) is 7.07. The van der Waals surface area contributed by atoms with Gasteiger partial charge in [0.25, 0.3) is 0 Å². The van der Waals surface area contributed by atoms with E-state index in [0.29, 0.717) is 0 Å². The van der Waals surface area contributed by atoms with Crippen molar-refractivity contribution in [2.45, 2.75) is 0 Å². The van der Waals surface area contributed by atoms with Gasteiger partial charge in [0, 0.05) is 39.9 Å². The zero-order chi connectivity index (χ0) is 6.10. The van der Waals surface area contributed by atoms with Crippen molar-refractivity contribution >= 4 is 11.0 Å². The Balaban J connectivity index is 0.000000500. The number of H-pyrrole nitrogens is 1. The van der Waals surface area contributed by atoms with E-state index in [2.05, 4.69) is 9.97 Å². The number of aromatic amines is 1. The van der Waals surface area contributed by atoms with E-state index >= 15 is 0 Å². The molecule has 0 aliphatic rings. The molecule has 0 atom stereocenters. The number of hydrogen-bond acceptors (Lipinski definition) is 1. The number of aromatic nitrogens is 2. The smallest absolute Gasteiger partial charge is 0.0931 e. The first kappa shape index (κ1) is 8.11. The van der Waals surface area contributed by atoms with Crippen molar-refractivity contribution in [3.05, 3.63) is 30.6 Å². The quantitative estimate of drug-likeness (QED) is 0.777. The molecule has 0 saturated carbocycles. The van der Waals surface area contributed by atoms with Gasteiger partial charge in [-0.25, -0.2) is 4.98 Å². The van der Waals surface area contributed by atoms with Gasteiger partial charge in [-0.15, -0.1) is 0 Å². The fourth-order valence-electron chi connectivity index (χ4n) is 0.880. The van der Waals surface area contributed by atoms with Crippen LogP contribution < -0.4 is 0 Å². The van der Waals surface area contributed by atoms with Crippen LogP contribution in [0.2, 0.25) is 0 Å². The SMILES string of the molecule is [Gd].c1ccc2[nH]cnc2c1. The Morgan fingerprint density at radius 2 is 2.00 bits per heavy atom. The van der Waals surface area contributed by atoms with Crippen LogP contribution in [0.4, 0.5) is 0 Å². The van der Waals surface area contributed by atoms with E-state index in [0.717, 1.165) is 11.0 Å². The number of fused-ring (bicyclic) bond motifs is 1. The van der Waals surface area contributed by atoms with Crippen molar-refractivity contribution in [1.29, 1.82) is 0 Å². The molecule has 0 radical (unpaired) electrons. The van der Waals surface area contributed by atoms with Gasteiger partial charge in [-0.3, -0.25) is 0 Å². The van der Waals surface area contributed by atoms with Gasteiger partial charge in [-0.1, -0.05) is 12.1 Å². The molecular weight excluding hydrogens is 269 g/mol. The second kappa shape index (κ2) is 3.42. The number of para-hydroxylation sites is 2. The Hall–Kier alpha value is 0.0147. The van der Waals surface area contributed by atoms with E-state index in [-0.39, 0.29) is 39.9 Å².